The predicted molar refractivity (Wildman–Crippen MR) is 69.4 cm³/mol. The van der Waals surface area contributed by atoms with Crippen LogP contribution in [0.1, 0.15) is 44.0 Å². The minimum absolute atomic E-state index is 0.187. The summed E-state index contributed by atoms with van der Waals surface area (Å²) < 4.78 is 36.6. The van der Waals surface area contributed by atoms with Crippen LogP contribution in [0.2, 0.25) is 0 Å². The molecule has 5 nitrogen and oxygen atoms in total. The van der Waals surface area contributed by atoms with Gasteiger partial charge in [0.05, 0.1) is 5.54 Å². The normalized spacial score (nSPS) is 18.1. The van der Waals surface area contributed by atoms with E-state index in [9.17, 15) is 8.78 Å². The summed E-state index contributed by atoms with van der Waals surface area (Å²) in [7, 11) is 0. The summed E-state index contributed by atoms with van der Waals surface area (Å²) in [6.45, 7) is 1.68. The molecule has 3 rings (SSSR count). The molecule has 21 heavy (non-hydrogen) atoms. The third kappa shape index (κ3) is 2.61. The van der Waals surface area contributed by atoms with Crippen LogP contribution >= 0.6 is 0 Å². The second-order valence-electron chi connectivity index (χ2n) is 5.30. The third-order valence-electron chi connectivity index (χ3n) is 3.68. The van der Waals surface area contributed by atoms with Crippen molar-refractivity contribution in [1.29, 1.82) is 0 Å². The molecule has 112 valence electrons. The Kier molecular flexibility index (Phi) is 3.36. The van der Waals surface area contributed by atoms with Crippen molar-refractivity contribution in [2.45, 2.75) is 37.8 Å². The van der Waals surface area contributed by atoms with E-state index in [1.807, 2.05) is 0 Å². The van der Waals surface area contributed by atoms with Gasteiger partial charge in [0.25, 0.3) is 5.89 Å². The maximum absolute atomic E-state index is 13.1. The average molecular weight is 295 g/mol. The first kappa shape index (κ1) is 13.9. The molecule has 1 aliphatic carbocycles. The van der Waals surface area contributed by atoms with Crippen LogP contribution in [0.5, 0.6) is 5.75 Å². The Labute approximate surface area is 120 Å². The Morgan fingerprint density at radius 3 is 2.71 bits per heavy atom. The SMILES string of the molecule is CC(Oc1ccc(F)c(F)c1)c1nc(C2(N)CCC2)no1. The molecule has 1 aromatic heterocycles. The summed E-state index contributed by atoms with van der Waals surface area (Å²) in [5, 5.41) is 3.88. The molecule has 7 heteroatoms. The summed E-state index contributed by atoms with van der Waals surface area (Å²) in [5.74, 6) is -0.991. The predicted octanol–water partition coefficient (Wildman–Crippen LogP) is 2.83. The number of hydrogen-bond acceptors (Lipinski definition) is 5. The second kappa shape index (κ2) is 5.07. The van der Waals surface area contributed by atoms with Gasteiger partial charge in [-0.15, -0.1) is 0 Å². The van der Waals surface area contributed by atoms with Gasteiger partial charge in [-0.25, -0.2) is 8.78 Å². The van der Waals surface area contributed by atoms with Crippen molar-refractivity contribution in [3.8, 4) is 5.75 Å². The number of nitrogens with zero attached hydrogens (tertiary/aromatic N) is 2. The van der Waals surface area contributed by atoms with Crippen LogP contribution in [0, 0.1) is 11.6 Å². The van der Waals surface area contributed by atoms with E-state index in [1.54, 1.807) is 6.92 Å². The molecule has 2 aromatic rings. The Morgan fingerprint density at radius 2 is 2.10 bits per heavy atom. The zero-order valence-electron chi connectivity index (χ0n) is 11.5. The van der Waals surface area contributed by atoms with Gasteiger partial charge in [-0.05, 0) is 38.3 Å². The van der Waals surface area contributed by atoms with Crippen molar-refractivity contribution in [3.05, 3.63) is 41.5 Å². The maximum atomic E-state index is 13.1. The van der Waals surface area contributed by atoms with Crippen molar-refractivity contribution in [1.82, 2.24) is 10.1 Å². The van der Waals surface area contributed by atoms with E-state index in [0.717, 1.165) is 31.4 Å². The highest BCUT2D eigenvalue weighted by atomic mass is 19.2. The van der Waals surface area contributed by atoms with Crippen LogP contribution in [0.25, 0.3) is 0 Å². The Bertz CT molecular complexity index is 655. The Balaban J connectivity index is 1.73. The molecular formula is C14H15F2N3O2. The summed E-state index contributed by atoms with van der Waals surface area (Å²) >= 11 is 0. The van der Waals surface area contributed by atoms with Gasteiger partial charge in [0.1, 0.15) is 5.75 Å². The van der Waals surface area contributed by atoms with Gasteiger partial charge in [-0.3, -0.25) is 0 Å². The lowest BCUT2D eigenvalue weighted by Crippen LogP contribution is -2.44. The van der Waals surface area contributed by atoms with Gasteiger partial charge in [0, 0.05) is 6.07 Å². The number of ether oxygens (including phenoxy) is 1. The molecule has 1 heterocycles. The van der Waals surface area contributed by atoms with E-state index in [1.165, 1.54) is 6.07 Å². The van der Waals surface area contributed by atoms with Crippen LogP contribution in [0.4, 0.5) is 8.78 Å². The van der Waals surface area contributed by atoms with Gasteiger partial charge in [0.15, 0.2) is 23.6 Å². The quantitative estimate of drug-likeness (QED) is 0.938. The first-order chi connectivity index (χ1) is 9.98. The van der Waals surface area contributed by atoms with E-state index in [2.05, 4.69) is 10.1 Å². The van der Waals surface area contributed by atoms with E-state index in [-0.39, 0.29) is 11.6 Å². The maximum Gasteiger partial charge on any atom is 0.267 e. The molecule has 0 amide bonds. The lowest BCUT2D eigenvalue weighted by molar-refractivity contribution is 0.173. The lowest BCUT2D eigenvalue weighted by atomic mass is 9.77. The zero-order chi connectivity index (χ0) is 15.0. The zero-order valence-corrected chi connectivity index (χ0v) is 11.5. The molecule has 1 saturated carbocycles. The van der Waals surface area contributed by atoms with Crippen LogP contribution in [-0.4, -0.2) is 10.1 Å². The van der Waals surface area contributed by atoms with Gasteiger partial charge < -0.3 is 15.0 Å². The average Bonchev–Trinajstić information content (AvgIpc) is 2.90. The van der Waals surface area contributed by atoms with Crippen molar-refractivity contribution >= 4 is 0 Å². The van der Waals surface area contributed by atoms with Crippen molar-refractivity contribution in [3.63, 3.8) is 0 Å². The molecule has 1 aliphatic rings. The highest BCUT2D eigenvalue weighted by Crippen LogP contribution is 2.37. The van der Waals surface area contributed by atoms with Crippen molar-refractivity contribution in [2.75, 3.05) is 0 Å². The molecular weight excluding hydrogens is 280 g/mol. The first-order valence-corrected chi connectivity index (χ1v) is 6.73. The van der Waals surface area contributed by atoms with Gasteiger partial charge >= 0.3 is 0 Å². The molecule has 0 bridgehead atoms. The summed E-state index contributed by atoms with van der Waals surface area (Å²) in [4.78, 5) is 4.24. The molecule has 0 radical (unpaired) electrons. The number of rotatable bonds is 4. The fourth-order valence-electron chi connectivity index (χ4n) is 2.19. The number of aromatic nitrogens is 2. The minimum Gasteiger partial charge on any atom is -0.481 e. The van der Waals surface area contributed by atoms with Gasteiger partial charge in [-0.1, -0.05) is 5.16 Å². The second-order valence-corrected chi connectivity index (χ2v) is 5.30. The van der Waals surface area contributed by atoms with Crippen LogP contribution in [0.3, 0.4) is 0 Å². The highest BCUT2D eigenvalue weighted by Gasteiger charge is 2.39. The standard InChI is InChI=1S/C14H15F2N3O2/c1-8(20-9-3-4-10(15)11(16)7-9)12-18-13(19-21-12)14(17)5-2-6-14/h3-4,7-8H,2,5-6,17H2,1H3. The minimum atomic E-state index is -0.971. The summed E-state index contributed by atoms with van der Waals surface area (Å²) in [5.41, 5.74) is 5.60. The number of hydrogen-bond donors (Lipinski definition) is 1. The smallest absolute Gasteiger partial charge is 0.267 e. The monoisotopic (exact) mass is 295 g/mol. The van der Waals surface area contributed by atoms with Crippen LogP contribution in [0.15, 0.2) is 22.7 Å². The molecule has 0 saturated heterocycles. The fraction of sp³-hybridized carbons (Fsp3) is 0.429. The molecule has 1 unspecified atom stereocenters. The molecule has 2 N–H and O–H groups in total. The number of nitrogens with two attached hydrogens (primary N) is 1. The summed E-state index contributed by atoms with van der Waals surface area (Å²) in [6, 6.07) is 3.31. The Morgan fingerprint density at radius 1 is 1.33 bits per heavy atom. The van der Waals surface area contributed by atoms with Crippen molar-refractivity contribution < 1.29 is 18.0 Å². The van der Waals surface area contributed by atoms with Crippen LogP contribution in [-0.2, 0) is 5.54 Å². The van der Waals surface area contributed by atoms with Gasteiger partial charge in [-0.2, -0.15) is 4.98 Å². The molecule has 1 aromatic carbocycles. The van der Waals surface area contributed by atoms with E-state index >= 15 is 0 Å². The third-order valence-corrected chi connectivity index (χ3v) is 3.68. The lowest BCUT2D eigenvalue weighted by Gasteiger charge is -2.34. The number of halogens is 2. The fourth-order valence-corrected chi connectivity index (χ4v) is 2.19. The topological polar surface area (TPSA) is 74.2 Å². The largest absolute Gasteiger partial charge is 0.481 e. The Hall–Kier alpha value is -2.02. The van der Waals surface area contributed by atoms with E-state index < -0.39 is 23.3 Å². The van der Waals surface area contributed by atoms with E-state index in [0.29, 0.717) is 5.82 Å². The van der Waals surface area contributed by atoms with Crippen molar-refractivity contribution in [2.24, 2.45) is 5.73 Å². The molecule has 0 spiro atoms. The molecule has 1 atom stereocenters. The summed E-state index contributed by atoms with van der Waals surface area (Å²) in [6.07, 6.45) is 2.11. The van der Waals surface area contributed by atoms with Crippen LogP contribution < -0.4 is 10.5 Å². The van der Waals surface area contributed by atoms with E-state index in [4.69, 9.17) is 15.0 Å². The molecule has 1 fully saturated rings. The number of benzene rings is 1. The highest BCUT2D eigenvalue weighted by molar-refractivity contribution is 5.24. The first-order valence-electron chi connectivity index (χ1n) is 6.73. The van der Waals surface area contributed by atoms with Gasteiger partial charge in [0.2, 0.25) is 0 Å². The molecule has 0 aliphatic heterocycles.